The molecule has 0 N–H and O–H groups in total. The molecule has 0 bridgehead atoms. The number of nitro benzene ring substituents is 1. The first kappa shape index (κ1) is 22.3. The van der Waals surface area contributed by atoms with Crippen LogP contribution in [0.25, 0.3) is 0 Å². The number of fused-ring (bicyclic) bond motifs is 5. The normalized spacial score (nSPS) is 32.8. The zero-order chi connectivity index (χ0) is 22.7. The van der Waals surface area contributed by atoms with Crippen molar-refractivity contribution in [2.24, 2.45) is 5.92 Å². The lowest BCUT2D eigenvalue weighted by Crippen LogP contribution is -2.67. The van der Waals surface area contributed by atoms with Crippen molar-refractivity contribution in [3.63, 3.8) is 0 Å². The van der Waals surface area contributed by atoms with Gasteiger partial charge in [0.15, 0.2) is 0 Å². The third-order valence-corrected chi connectivity index (χ3v) is 7.54. The predicted octanol–water partition coefficient (Wildman–Crippen LogP) is 3.92. The molecule has 1 saturated carbocycles. The van der Waals surface area contributed by atoms with Crippen molar-refractivity contribution in [2.45, 2.75) is 47.2 Å². The summed E-state index contributed by atoms with van der Waals surface area (Å²) in [5, 5.41) is 24.9. The molecule has 9 nitrogen and oxygen atoms in total. The minimum Gasteiger partial charge on any atom is -0.475 e. The van der Waals surface area contributed by atoms with Crippen LogP contribution in [-0.2, 0) is 9.57 Å². The fraction of sp³-hybridized carbons (Fsp3) is 0.650. The highest BCUT2D eigenvalue weighted by atomic mass is 35.6. The third-order valence-electron chi connectivity index (χ3n) is 6.95. The molecule has 5 rings (SSSR count). The zero-order valence-corrected chi connectivity index (χ0v) is 19.3. The average Bonchev–Trinajstić information content (AvgIpc) is 2.77. The summed E-state index contributed by atoms with van der Waals surface area (Å²) >= 11 is 18.7. The van der Waals surface area contributed by atoms with Crippen LogP contribution in [0.3, 0.4) is 0 Å². The van der Waals surface area contributed by atoms with Crippen LogP contribution in [0.1, 0.15) is 37.2 Å². The van der Waals surface area contributed by atoms with Crippen LogP contribution in [0.15, 0.2) is 18.2 Å². The molecule has 0 spiro atoms. The van der Waals surface area contributed by atoms with Crippen molar-refractivity contribution in [3.8, 4) is 5.75 Å². The number of ether oxygens (including phenoxy) is 2. The number of hydrogen-bond acceptors (Lipinski definition) is 7. The van der Waals surface area contributed by atoms with Gasteiger partial charge in [0, 0.05) is 41.6 Å². The minimum absolute atomic E-state index is 0.0873. The summed E-state index contributed by atoms with van der Waals surface area (Å²) in [5.41, 5.74) is -0.270. The molecule has 4 aliphatic rings. The highest BCUT2D eigenvalue weighted by molar-refractivity contribution is 6.69. The van der Waals surface area contributed by atoms with Crippen molar-refractivity contribution in [3.05, 3.63) is 39.1 Å². The third kappa shape index (κ3) is 3.49. The Labute approximate surface area is 199 Å². The van der Waals surface area contributed by atoms with E-state index in [-0.39, 0.29) is 17.3 Å². The number of hydrogen-bond donors (Lipinski definition) is 0. The highest BCUT2D eigenvalue weighted by Gasteiger charge is 2.62. The van der Waals surface area contributed by atoms with Crippen LogP contribution in [0.4, 0.5) is 5.69 Å². The smallest absolute Gasteiger partial charge is 0.274 e. The van der Waals surface area contributed by atoms with Gasteiger partial charge in [-0.3, -0.25) is 20.2 Å². The van der Waals surface area contributed by atoms with Crippen LogP contribution >= 0.6 is 34.8 Å². The molecule has 1 aromatic carbocycles. The Morgan fingerprint density at radius 2 is 1.97 bits per heavy atom. The van der Waals surface area contributed by atoms with Gasteiger partial charge in [0.25, 0.3) is 11.4 Å². The van der Waals surface area contributed by atoms with Gasteiger partial charge in [0.2, 0.25) is 9.90 Å². The zero-order valence-electron chi connectivity index (χ0n) is 17.0. The maximum atomic E-state index is 13.4. The lowest BCUT2D eigenvalue weighted by atomic mass is 9.66. The number of alkyl halides is 3. The molecule has 1 saturated heterocycles. The van der Waals surface area contributed by atoms with Crippen molar-refractivity contribution in [1.82, 2.24) is 4.90 Å². The molecule has 3 heterocycles. The second-order valence-electron chi connectivity index (χ2n) is 8.57. The number of benzene rings is 1. The van der Waals surface area contributed by atoms with E-state index < -0.39 is 26.5 Å². The Balaban J connectivity index is 1.71. The van der Waals surface area contributed by atoms with Crippen molar-refractivity contribution < 1.29 is 24.1 Å². The van der Waals surface area contributed by atoms with Crippen LogP contribution in [0, 0.1) is 21.2 Å². The van der Waals surface area contributed by atoms with Crippen LogP contribution in [0.5, 0.6) is 5.75 Å². The predicted molar refractivity (Wildman–Crippen MR) is 117 cm³/mol. The summed E-state index contributed by atoms with van der Waals surface area (Å²) < 4.78 is 9.50. The first-order chi connectivity index (χ1) is 15.2. The van der Waals surface area contributed by atoms with E-state index in [1.165, 1.54) is 18.2 Å². The lowest BCUT2D eigenvalue weighted by molar-refractivity contribution is -0.787. The molecule has 0 amide bonds. The van der Waals surface area contributed by atoms with E-state index in [4.69, 9.17) is 49.1 Å². The summed E-state index contributed by atoms with van der Waals surface area (Å²) in [6.07, 6.45) is 2.06. The van der Waals surface area contributed by atoms with E-state index in [2.05, 4.69) is 4.90 Å². The van der Waals surface area contributed by atoms with E-state index in [0.29, 0.717) is 48.9 Å². The molecule has 0 unspecified atom stereocenters. The molecular weight excluding hydrogens is 485 g/mol. The van der Waals surface area contributed by atoms with Crippen molar-refractivity contribution in [2.75, 3.05) is 26.3 Å². The summed E-state index contributed by atoms with van der Waals surface area (Å²) in [6.45, 7) is 2.33. The lowest BCUT2D eigenvalue weighted by Gasteiger charge is -2.57. The van der Waals surface area contributed by atoms with Gasteiger partial charge < -0.3 is 14.3 Å². The van der Waals surface area contributed by atoms with Gasteiger partial charge >= 0.3 is 0 Å². The Hall–Kier alpha value is -1.52. The average molecular weight is 507 g/mol. The maximum absolute atomic E-state index is 13.4. The molecule has 174 valence electrons. The number of nitro groups is 1. The number of morpholine rings is 1. The minimum atomic E-state index is -1.94. The van der Waals surface area contributed by atoms with Gasteiger partial charge in [-0.05, 0) is 18.9 Å². The molecule has 0 radical (unpaired) electrons. The van der Waals surface area contributed by atoms with E-state index in [0.717, 1.165) is 19.3 Å². The van der Waals surface area contributed by atoms with Crippen molar-refractivity contribution in [1.29, 1.82) is 0 Å². The number of rotatable bonds is 2. The molecule has 1 aromatic rings. The topological polar surface area (TPSA) is 100 Å². The van der Waals surface area contributed by atoms with Crippen molar-refractivity contribution >= 4 is 46.2 Å². The molecule has 0 aromatic heterocycles. The summed E-state index contributed by atoms with van der Waals surface area (Å²) in [7, 11) is 0. The largest absolute Gasteiger partial charge is 0.475 e. The molecule has 2 fully saturated rings. The van der Waals surface area contributed by atoms with Gasteiger partial charge in [0.05, 0.1) is 24.1 Å². The van der Waals surface area contributed by atoms with Crippen LogP contribution in [-0.4, -0.2) is 62.4 Å². The maximum Gasteiger partial charge on any atom is 0.274 e. The fourth-order valence-corrected chi connectivity index (χ4v) is 6.13. The van der Waals surface area contributed by atoms with Gasteiger partial charge in [-0.2, -0.15) is 0 Å². The Morgan fingerprint density at radius 3 is 2.66 bits per heavy atom. The van der Waals surface area contributed by atoms with Gasteiger partial charge in [-0.15, -0.1) is 0 Å². The first-order valence-electron chi connectivity index (χ1n) is 10.6. The second kappa shape index (κ2) is 8.06. The number of halogens is 3. The van der Waals surface area contributed by atoms with E-state index >= 15 is 0 Å². The summed E-state index contributed by atoms with van der Waals surface area (Å²) in [4.78, 5) is 19.8. The van der Waals surface area contributed by atoms with Crippen LogP contribution < -0.4 is 4.74 Å². The van der Waals surface area contributed by atoms with Gasteiger partial charge in [0.1, 0.15) is 11.5 Å². The van der Waals surface area contributed by atoms with Gasteiger partial charge in [-0.25, -0.2) is 0 Å². The summed E-state index contributed by atoms with van der Waals surface area (Å²) in [5.74, 6) is -0.347. The molecule has 3 aliphatic heterocycles. The molecular formula is C20H22Cl3N3O6. The second-order valence-corrected chi connectivity index (χ2v) is 10.9. The Bertz CT molecular complexity index is 964. The quantitative estimate of drug-likeness (QED) is 0.259. The highest BCUT2D eigenvalue weighted by Crippen LogP contribution is 2.55. The molecule has 1 aliphatic carbocycles. The Kier molecular flexibility index (Phi) is 5.61. The molecule has 4 atom stereocenters. The molecule has 12 heteroatoms. The monoisotopic (exact) mass is 505 g/mol. The summed E-state index contributed by atoms with van der Waals surface area (Å²) in [6, 6.07) is 4.33. The number of nitrogens with zero attached hydrogens (tertiary/aromatic N) is 3. The van der Waals surface area contributed by atoms with Gasteiger partial charge in [-0.1, -0.05) is 47.6 Å². The van der Waals surface area contributed by atoms with E-state index in [1.807, 2.05) is 0 Å². The first-order valence-corrected chi connectivity index (χ1v) is 11.7. The standard InChI is InChI=1S/C20H22Cl3N3O6/c21-20(22,23)18-17-16(13-11-12(25(27)28)4-5-15(13)31-18)14-3-1-2-6-19(14,32-26(17)29)24-7-9-30-10-8-24/h4-5,11,14,16,18H,1-3,6-10H2/t14-,16+,18-,19-/m1/s1. The fourth-order valence-electron chi connectivity index (χ4n) is 5.66. The van der Waals surface area contributed by atoms with E-state index in [1.54, 1.807) is 0 Å². The SMILES string of the molecule is O=[N+]([O-])c1ccc2c(c1)[C@@H]1C(=[N+]([O-])O[C@]3(N4CCOCC4)CCCC[C@H]13)[C@H](C(Cl)(Cl)Cl)O2. The number of non-ortho nitro benzene ring substituents is 1. The van der Waals surface area contributed by atoms with Crippen LogP contribution in [0.2, 0.25) is 0 Å². The molecule has 32 heavy (non-hydrogen) atoms. The van der Waals surface area contributed by atoms with E-state index in [9.17, 15) is 15.3 Å². The Morgan fingerprint density at radius 1 is 1.22 bits per heavy atom.